The smallest absolute Gasteiger partial charge is 0.748 e. The van der Waals surface area contributed by atoms with Gasteiger partial charge in [-0.1, -0.05) is 64.7 Å². The molecule has 0 heterocycles. The molecule has 0 unspecified atom stereocenters. The maximum absolute atomic E-state index is 9.52. The third kappa shape index (κ3) is 33.6. The Morgan fingerprint density at radius 1 is 0.762 bits per heavy atom. The molecule has 2 N–H and O–H groups in total. The van der Waals surface area contributed by atoms with Crippen LogP contribution in [-0.4, -0.2) is 42.2 Å². The summed E-state index contributed by atoms with van der Waals surface area (Å²) in [6, 6.07) is 0. The molecule has 5 nitrogen and oxygen atoms in total. The van der Waals surface area contributed by atoms with Gasteiger partial charge in [0.25, 0.3) is 0 Å². The molecule has 0 aromatic heterocycles. The molecule has 0 aliphatic heterocycles. The van der Waals surface area contributed by atoms with Crippen molar-refractivity contribution in [2.45, 2.75) is 71.1 Å². The Labute approximate surface area is 152 Å². The van der Waals surface area contributed by atoms with Gasteiger partial charge in [0.15, 0.2) is 0 Å². The monoisotopic (exact) mass is 334 g/mol. The number of hydrogen-bond acceptors (Lipinski definition) is 5. The van der Waals surface area contributed by atoms with Gasteiger partial charge in [-0.2, -0.15) is 0 Å². The first-order valence-electron chi connectivity index (χ1n) is 7.63. The summed E-state index contributed by atoms with van der Waals surface area (Å²) in [7, 11) is -4.17. The molecule has 0 rings (SSSR count). The maximum atomic E-state index is 9.52. The van der Waals surface area contributed by atoms with Gasteiger partial charge in [-0.05, 0) is 6.42 Å². The number of rotatable bonds is 12. The first-order chi connectivity index (χ1) is 9.47. The normalized spacial score (nSPS) is 10.5. The van der Waals surface area contributed by atoms with Crippen molar-refractivity contribution in [2.24, 2.45) is 0 Å². The van der Waals surface area contributed by atoms with Crippen molar-refractivity contribution in [1.82, 2.24) is 0 Å². The quantitative estimate of drug-likeness (QED) is 0.283. The summed E-state index contributed by atoms with van der Waals surface area (Å²) in [6.45, 7) is 2.04. The molecule has 0 aliphatic carbocycles. The molecule has 0 aromatic rings. The molecule has 0 amide bonds. The molecule has 0 atom stereocenters. The van der Waals surface area contributed by atoms with E-state index in [4.69, 9.17) is 10.2 Å². The van der Waals surface area contributed by atoms with E-state index in [0.717, 1.165) is 6.42 Å². The third-order valence-corrected chi connectivity index (χ3v) is 3.54. The second kappa shape index (κ2) is 20.8. The van der Waals surface area contributed by atoms with Crippen LogP contribution < -0.4 is 29.6 Å². The van der Waals surface area contributed by atoms with Crippen LogP contribution in [-0.2, 0) is 10.1 Å². The molecule has 0 spiro atoms. The van der Waals surface area contributed by atoms with E-state index in [1.54, 1.807) is 0 Å². The number of hydrogen-bond donors (Lipinski definition) is 2. The average molecular weight is 334 g/mol. The van der Waals surface area contributed by atoms with Crippen LogP contribution in [0.4, 0.5) is 0 Å². The Bertz CT molecular complexity index is 261. The van der Waals surface area contributed by atoms with E-state index < -0.39 is 22.5 Å². The Balaban J connectivity index is -0.000000347. The first-order valence-corrected chi connectivity index (χ1v) is 9.21. The molecular formula is C14H31NaO5S. The summed E-state index contributed by atoms with van der Waals surface area (Å²) in [5, 5.41) is 16.4. The maximum Gasteiger partial charge on any atom is 1.00 e. The Kier molecular flexibility index (Phi) is 26.5. The van der Waals surface area contributed by atoms with Crippen molar-refractivity contribution >= 4 is 10.1 Å². The van der Waals surface area contributed by atoms with E-state index in [9.17, 15) is 13.0 Å². The van der Waals surface area contributed by atoms with Crippen LogP contribution >= 0.6 is 0 Å². The van der Waals surface area contributed by atoms with Gasteiger partial charge in [-0.15, -0.1) is 0 Å². The van der Waals surface area contributed by atoms with Crippen LogP contribution in [0.5, 0.6) is 0 Å². The fraction of sp³-hybridized carbons (Fsp3) is 1.00. The zero-order chi connectivity index (χ0) is 15.7. The van der Waals surface area contributed by atoms with Crippen molar-refractivity contribution in [3.05, 3.63) is 0 Å². The van der Waals surface area contributed by atoms with Gasteiger partial charge in [0, 0.05) is 6.61 Å². The summed E-state index contributed by atoms with van der Waals surface area (Å²) >= 11 is 0. The molecule has 0 radical (unpaired) electrons. The number of aliphatic hydroxyl groups excluding tert-OH is 2. The SMILES string of the molecule is CCCCCCCCCCCCO.O=S(=O)([O-])CCO.[Na+]. The minimum Gasteiger partial charge on any atom is -0.748 e. The second-order valence-corrected chi connectivity index (χ2v) is 6.41. The van der Waals surface area contributed by atoms with E-state index in [1.165, 1.54) is 57.8 Å². The zero-order valence-electron chi connectivity index (χ0n) is 13.7. The van der Waals surface area contributed by atoms with Crippen LogP contribution in [0.3, 0.4) is 0 Å². The summed E-state index contributed by atoms with van der Waals surface area (Å²) in [5.41, 5.74) is 0. The number of unbranched alkanes of at least 4 members (excludes halogenated alkanes) is 9. The second-order valence-electron chi connectivity index (χ2n) is 4.89. The molecule has 0 bridgehead atoms. The minimum atomic E-state index is -4.17. The van der Waals surface area contributed by atoms with Crippen LogP contribution in [0, 0.1) is 0 Å². The van der Waals surface area contributed by atoms with Crippen LogP contribution in [0.2, 0.25) is 0 Å². The van der Waals surface area contributed by atoms with E-state index in [-0.39, 0.29) is 29.6 Å². The van der Waals surface area contributed by atoms with Crippen LogP contribution in [0.1, 0.15) is 71.1 Å². The molecule has 7 heteroatoms. The summed E-state index contributed by atoms with van der Waals surface area (Å²) in [6.07, 6.45) is 13.3. The van der Waals surface area contributed by atoms with E-state index in [2.05, 4.69) is 6.92 Å². The zero-order valence-corrected chi connectivity index (χ0v) is 16.5. The number of aliphatic hydroxyl groups is 2. The molecular weight excluding hydrogens is 303 g/mol. The summed E-state index contributed by atoms with van der Waals surface area (Å²) < 4.78 is 28.5. The largest absolute Gasteiger partial charge is 1.00 e. The predicted molar refractivity (Wildman–Crippen MR) is 80.6 cm³/mol. The molecule has 0 saturated heterocycles. The van der Waals surface area contributed by atoms with Crippen molar-refractivity contribution in [1.29, 1.82) is 0 Å². The molecule has 0 fully saturated rings. The third-order valence-electron chi connectivity index (χ3n) is 2.85. The minimum absolute atomic E-state index is 0. The standard InChI is InChI=1S/C12H26O.C2H6O4S.Na/c1-2-3-4-5-6-7-8-9-10-11-12-13;3-1-2-7(4,5)6;/h13H,2-12H2,1H3;3H,1-2H2,(H,4,5,6);/q;;+1/p-1. The van der Waals surface area contributed by atoms with Gasteiger partial charge >= 0.3 is 29.6 Å². The summed E-state index contributed by atoms with van der Waals surface area (Å²) in [5.74, 6) is -0.688. The Morgan fingerprint density at radius 2 is 1.14 bits per heavy atom. The van der Waals surface area contributed by atoms with E-state index in [0.29, 0.717) is 6.61 Å². The van der Waals surface area contributed by atoms with E-state index >= 15 is 0 Å². The topological polar surface area (TPSA) is 97.7 Å². The molecule has 0 saturated carbocycles. The van der Waals surface area contributed by atoms with Gasteiger partial charge in [0.05, 0.1) is 22.5 Å². The van der Waals surface area contributed by atoms with Gasteiger partial charge < -0.3 is 14.8 Å². The predicted octanol–water partition coefficient (Wildman–Crippen LogP) is -0.572. The molecule has 0 aliphatic rings. The van der Waals surface area contributed by atoms with Gasteiger partial charge in [-0.25, -0.2) is 8.42 Å². The van der Waals surface area contributed by atoms with Gasteiger partial charge in [-0.3, -0.25) is 0 Å². The van der Waals surface area contributed by atoms with Crippen LogP contribution in [0.25, 0.3) is 0 Å². The van der Waals surface area contributed by atoms with Gasteiger partial charge in [0.2, 0.25) is 0 Å². The van der Waals surface area contributed by atoms with Crippen LogP contribution in [0.15, 0.2) is 0 Å². The van der Waals surface area contributed by atoms with Gasteiger partial charge in [0.1, 0.15) is 0 Å². The van der Waals surface area contributed by atoms with Crippen molar-refractivity contribution in [2.75, 3.05) is 19.0 Å². The summed E-state index contributed by atoms with van der Waals surface area (Å²) in [4.78, 5) is 0. The average Bonchev–Trinajstić information content (AvgIpc) is 2.36. The fourth-order valence-corrected chi connectivity index (χ4v) is 1.93. The van der Waals surface area contributed by atoms with Crippen molar-refractivity contribution < 1.29 is 52.7 Å². The molecule has 21 heavy (non-hydrogen) atoms. The Hall–Kier alpha value is 0.830. The van der Waals surface area contributed by atoms with Crippen molar-refractivity contribution in [3.8, 4) is 0 Å². The fourth-order valence-electron chi connectivity index (χ4n) is 1.71. The first kappa shape index (κ1) is 26.7. The molecule has 0 aromatic carbocycles. The molecule has 124 valence electrons. The van der Waals surface area contributed by atoms with E-state index in [1.807, 2.05) is 0 Å². The Morgan fingerprint density at radius 3 is 1.38 bits per heavy atom. The van der Waals surface area contributed by atoms with Crippen molar-refractivity contribution in [3.63, 3.8) is 0 Å².